The quantitative estimate of drug-likeness (QED) is 0.907. The Bertz CT molecular complexity index is 587. The molecule has 2 amide bonds. The van der Waals surface area contributed by atoms with Crippen molar-refractivity contribution < 1.29 is 14.3 Å². The molecule has 2 heterocycles. The average molecular weight is 347 g/mol. The smallest absolute Gasteiger partial charge is 0.318 e. The van der Waals surface area contributed by atoms with E-state index in [-0.39, 0.29) is 12.1 Å². The highest BCUT2D eigenvalue weighted by atomic mass is 16.5. The van der Waals surface area contributed by atoms with Gasteiger partial charge in [-0.2, -0.15) is 0 Å². The number of nitrogens with one attached hydrogen (secondary N) is 1. The lowest BCUT2D eigenvalue weighted by molar-refractivity contribution is 0.0342. The van der Waals surface area contributed by atoms with E-state index in [9.17, 15) is 4.79 Å². The summed E-state index contributed by atoms with van der Waals surface area (Å²) in [4.78, 5) is 16.7. The van der Waals surface area contributed by atoms with E-state index >= 15 is 0 Å². The molecule has 0 spiro atoms. The van der Waals surface area contributed by atoms with Gasteiger partial charge in [0.15, 0.2) is 0 Å². The SMILES string of the molecule is CCCNC(=O)N1Cc2cc(CN3CCOCC3)ccc2OC[C@@H]1C. The molecule has 1 saturated heterocycles. The second-order valence-corrected chi connectivity index (χ2v) is 6.85. The Labute approximate surface area is 150 Å². The molecule has 2 aliphatic heterocycles. The van der Waals surface area contributed by atoms with Crippen LogP contribution in [0.25, 0.3) is 0 Å². The summed E-state index contributed by atoms with van der Waals surface area (Å²) in [5.41, 5.74) is 2.34. The molecule has 0 aromatic heterocycles. The Morgan fingerprint density at radius 1 is 1.32 bits per heavy atom. The first-order valence-electron chi connectivity index (χ1n) is 9.26. The molecular formula is C19H29N3O3. The van der Waals surface area contributed by atoms with Gasteiger partial charge in [-0.25, -0.2) is 4.79 Å². The number of morpholine rings is 1. The van der Waals surface area contributed by atoms with Gasteiger partial charge in [-0.05, 0) is 31.0 Å². The number of rotatable bonds is 4. The maximum absolute atomic E-state index is 12.5. The lowest BCUT2D eigenvalue weighted by Gasteiger charge is -2.27. The first-order valence-corrected chi connectivity index (χ1v) is 9.26. The lowest BCUT2D eigenvalue weighted by atomic mass is 10.1. The molecule has 2 aliphatic rings. The number of nitrogens with zero attached hydrogens (tertiary/aromatic N) is 2. The molecule has 1 N–H and O–H groups in total. The number of fused-ring (bicyclic) bond motifs is 1. The molecule has 25 heavy (non-hydrogen) atoms. The zero-order valence-corrected chi connectivity index (χ0v) is 15.3. The van der Waals surface area contributed by atoms with Gasteiger partial charge in [0, 0.05) is 31.7 Å². The summed E-state index contributed by atoms with van der Waals surface area (Å²) in [5.74, 6) is 0.892. The third-order valence-corrected chi connectivity index (χ3v) is 4.77. The van der Waals surface area contributed by atoms with Crippen LogP contribution in [0.15, 0.2) is 18.2 Å². The van der Waals surface area contributed by atoms with Gasteiger partial charge in [0.1, 0.15) is 12.4 Å². The predicted molar refractivity (Wildman–Crippen MR) is 96.7 cm³/mol. The van der Waals surface area contributed by atoms with Crippen LogP contribution in [0.2, 0.25) is 0 Å². The zero-order chi connectivity index (χ0) is 17.6. The molecule has 6 nitrogen and oxygen atoms in total. The molecule has 1 aromatic rings. The van der Waals surface area contributed by atoms with E-state index in [1.807, 2.05) is 17.9 Å². The minimum absolute atomic E-state index is 0.00983. The van der Waals surface area contributed by atoms with E-state index in [0.717, 1.165) is 50.6 Å². The maximum atomic E-state index is 12.5. The van der Waals surface area contributed by atoms with Crippen LogP contribution in [-0.4, -0.2) is 61.3 Å². The third kappa shape index (κ3) is 4.64. The summed E-state index contributed by atoms with van der Waals surface area (Å²) in [6.45, 7) is 10.4. The van der Waals surface area contributed by atoms with Gasteiger partial charge < -0.3 is 19.7 Å². The number of hydrogen-bond donors (Lipinski definition) is 1. The van der Waals surface area contributed by atoms with E-state index < -0.39 is 0 Å². The van der Waals surface area contributed by atoms with Crippen molar-refractivity contribution in [1.29, 1.82) is 0 Å². The molecule has 138 valence electrons. The van der Waals surface area contributed by atoms with Crippen LogP contribution in [0.3, 0.4) is 0 Å². The largest absolute Gasteiger partial charge is 0.491 e. The molecule has 0 radical (unpaired) electrons. The fourth-order valence-electron chi connectivity index (χ4n) is 3.26. The molecule has 0 saturated carbocycles. The Kier molecular flexibility index (Phi) is 6.15. The van der Waals surface area contributed by atoms with Crippen molar-refractivity contribution in [2.45, 2.75) is 39.4 Å². The fourth-order valence-corrected chi connectivity index (χ4v) is 3.26. The number of ether oxygens (including phenoxy) is 2. The number of urea groups is 1. The van der Waals surface area contributed by atoms with Crippen LogP contribution >= 0.6 is 0 Å². The summed E-state index contributed by atoms with van der Waals surface area (Å²) in [6.07, 6.45) is 0.935. The van der Waals surface area contributed by atoms with E-state index in [1.165, 1.54) is 5.56 Å². The second kappa shape index (κ2) is 8.54. The van der Waals surface area contributed by atoms with Crippen LogP contribution < -0.4 is 10.1 Å². The first kappa shape index (κ1) is 18.0. The highest BCUT2D eigenvalue weighted by Crippen LogP contribution is 2.27. The molecule has 0 bridgehead atoms. The third-order valence-electron chi connectivity index (χ3n) is 4.77. The minimum Gasteiger partial charge on any atom is -0.491 e. The van der Waals surface area contributed by atoms with Gasteiger partial charge in [-0.3, -0.25) is 4.90 Å². The molecule has 3 rings (SSSR count). The van der Waals surface area contributed by atoms with Gasteiger partial charge in [0.25, 0.3) is 0 Å². The van der Waals surface area contributed by atoms with Crippen molar-refractivity contribution in [2.75, 3.05) is 39.5 Å². The predicted octanol–water partition coefficient (Wildman–Crippen LogP) is 2.22. The Hall–Kier alpha value is -1.79. The van der Waals surface area contributed by atoms with Gasteiger partial charge in [0.2, 0.25) is 0 Å². The normalized spacial score (nSPS) is 21.2. The van der Waals surface area contributed by atoms with E-state index in [4.69, 9.17) is 9.47 Å². The summed E-state index contributed by atoms with van der Waals surface area (Å²) in [5, 5.41) is 2.98. The van der Waals surface area contributed by atoms with Gasteiger partial charge in [-0.15, -0.1) is 0 Å². The van der Waals surface area contributed by atoms with Crippen molar-refractivity contribution in [3.8, 4) is 5.75 Å². The highest BCUT2D eigenvalue weighted by Gasteiger charge is 2.25. The van der Waals surface area contributed by atoms with Crippen LogP contribution in [0.5, 0.6) is 5.75 Å². The standard InChI is InChI=1S/C19H29N3O3/c1-3-6-20-19(23)22-13-17-11-16(12-21-7-9-24-10-8-21)4-5-18(17)25-14-15(22)2/h4-5,11,15H,3,6-10,12-14H2,1-2H3,(H,20,23)/t15-/m0/s1. The van der Waals surface area contributed by atoms with Gasteiger partial charge >= 0.3 is 6.03 Å². The molecule has 6 heteroatoms. The van der Waals surface area contributed by atoms with Crippen molar-refractivity contribution in [3.05, 3.63) is 29.3 Å². The summed E-state index contributed by atoms with van der Waals surface area (Å²) in [7, 11) is 0. The molecule has 0 aliphatic carbocycles. The maximum Gasteiger partial charge on any atom is 0.318 e. The molecular weight excluding hydrogens is 318 g/mol. The number of amides is 2. The number of hydrogen-bond acceptors (Lipinski definition) is 4. The average Bonchev–Trinajstić information content (AvgIpc) is 2.79. The van der Waals surface area contributed by atoms with Crippen molar-refractivity contribution in [3.63, 3.8) is 0 Å². The molecule has 1 fully saturated rings. The molecule has 1 atom stereocenters. The zero-order valence-electron chi connectivity index (χ0n) is 15.3. The fraction of sp³-hybridized carbons (Fsp3) is 0.632. The monoisotopic (exact) mass is 347 g/mol. The van der Waals surface area contributed by atoms with Crippen molar-refractivity contribution in [1.82, 2.24) is 15.1 Å². The van der Waals surface area contributed by atoms with Crippen LogP contribution in [0, 0.1) is 0 Å². The van der Waals surface area contributed by atoms with Crippen LogP contribution in [0.4, 0.5) is 4.79 Å². The minimum atomic E-state index is -0.00983. The van der Waals surface area contributed by atoms with Gasteiger partial charge in [-0.1, -0.05) is 13.0 Å². The first-order chi connectivity index (χ1) is 12.2. The van der Waals surface area contributed by atoms with Crippen molar-refractivity contribution in [2.24, 2.45) is 0 Å². The molecule has 1 aromatic carbocycles. The van der Waals surface area contributed by atoms with Gasteiger partial charge in [0.05, 0.1) is 25.8 Å². The van der Waals surface area contributed by atoms with E-state index in [2.05, 4.69) is 29.3 Å². The summed E-state index contributed by atoms with van der Waals surface area (Å²) < 4.78 is 11.4. The molecule has 0 unspecified atom stereocenters. The summed E-state index contributed by atoms with van der Waals surface area (Å²) in [6, 6.07) is 6.40. The number of carbonyl (C=O) groups is 1. The Balaban J connectivity index is 1.72. The number of carbonyl (C=O) groups excluding carboxylic acids is 1. The Morgan fingerprint density at radius 3 is 2.88 bits per heavy atom. The number of benzene rings is 1. The highest BCUT2D eigenvalue weighted by molar-refractivity contribution is 5.74. The topological polar surface area (TPSA) is 54.0 Å². The van der Waals surface area contributed by atoms with Crippen molar-refractivity contribution >= 4 is 6.03 Å². The van der Waals surface area contributed by atoms with E-state index in [1.54, 1.807) is 0 Å². The van der Waals surface area contributed by atoms with E-state index in [0.29, 0.717) is 19.7 Å². The van der Waals surface area contributed by atoms with Crippen LogP contribution in [-0.2, 0) is 17.8 Å². The summed E-state index contributed by atoms with van der Waals surface area (Å²) >= 11 is 0. The van der Waals surface area contributed by atoms with Crippen LogP contribution in [0.1, 0.15) is 31.4 Å². The Morgan fingerprint density at radius 2 is 2.12 bits per heavy atom. The lowest BCUT2D eigenvalue weighted by Crippen LogP contribution is -2.45. The second-order valence-electron chi connectivity index (χ2n) is 6.85.